The number of para-hydroxylation sites is 2. The highest BCUT2D eigenvalue weighted by atomic mass is 35.5. The summed E-state index contributed by atoms with van der Waals surface area (Å²) in [4.78, 5) is 18.1. The van der Waals surface area contributed by atoms with Crippen LogP contribution in [-0.2, 0) is 6.54 Å². The first-order chi connectivity index (χ1) is 11.0. The molecule has 0 aliphatic carbocycles. The van der Waals surface area contributed by atoms with Crippen molar-refractivity contribution in [3.8, 4) is 0 Å². The number of nitrogens with one attached hydrogen (secondary N) is 1. The Bertz CT molecular complexity index is 862. The number of rotatable bonds is 3. The van der Waals surface area contributed by atoms with Gasteiger partial charge in [0, 0.05) is 23.6 Å². The fourth-order valence-electron chi connectivity index (χ4n) is 2.21. The van der Waals surface area contributed by atoms with Crippen molar-refractivity contribution in [3.05, 3.63) is 64.4 Å². The molecule has 0 fully saturated rings. The summed E-state index contributed by atoms with van der Waals surface area (Å²) < 4.78 is 1.59. The standard InChI is InChI=1S/C16H14Cl2N4O/c1-21(9-11-6-7-12(17)8-13(11)18)16(23)20-22-10-19-14-4-2-3-5-15(14)22/h2-8,10H,9H2,1H3,(H,20,23). The predicted octanol–water partition coefficient (Wildman–Crippen LogP) is 4.14. The van der Waals surface area contributed by atoms with Crippen LogP contribution in [0.25, 0.3) is 11.0 Å². The fraction of sp³-hybridized carbons (Fsp3) is 0.125. The van der Waals surface area contributed by atoms with Crippen LogP contribution in [0.1, 0.15) is 5.56 Å². The van der Waals surface area contributed by atoms with Gasteiger partial charge >= 0.3 is 6.03 Å². The number of halogens is 2. The monoisotopic (exact) mass is 348 g/mol. The van der Waals surface area contributed by atoms with Gasteiger partial charge in [-0.15, -0.1) is 0 Å². The first-order valence-corrected chi connectivity index (χ1v) is 7.68. The second-order valence-corrected chi connectivity index (χ2v) is 5.96. The van der Waals surface area contributed by atoms with Crippen LogP contribution in [0.3, 0.4) is 0 Å². The molecule has 0 spiro atoms. The molecule has 1 heterocycles. The fourth-order valence-corrected chi connectivity index (χ4v) is 2.68. The summed E-state index contributed by atoms with van der Waals surface area (Å²) in [6.45, 7) is 0.370. The lowest BCUT2D eigenvalue weighted by atomic mass is 10.2. The summed E-state index contributed by atoms with van der Waals surface area (Å²) in [7, 11) is 1.69. The van der Waals surface area contributed by atoms with Gasteiger partial charge in [0.25, 0.3) is 0 Å². The van der Waals surface area contributed by atoms with Gasteiger partial charge in [0.2, 0.25) is 0 Å². The van der Waals surface area contributed by atoms with Crippen molar-refractivity contribution in [2.45, 2.75) is 6.54 Å². The van der Waals surface area contributed by atoms with Crippen LogP contribution in [0.2, 0.25) is 10.0 Å². The maximum absolute atomic E-state index is 12.3. The van der Waals surface area contributed by atoms with E-state index in [0.29, 0.717) is 16.6 Å². The zero-order chi connectivity index (χ0) is 16.4. The van der Waals surface area contributed by atoms with Crippen molar-refractivity contribution in [1.29, 1.82) is 0 Å². The molecule has 0 bridgehead atoms. The number of hydrogen-bond donors (Lipinski definition) is 1. The van der Waals surface area contributed by atoms with E-state index in [1.165, 1.54) is 4.90 Å². The highest BCUT2D eigenvalue weighted by molar-refractivity contribution is 6.35. The van der Waals surface area contributed by atoms with Gasteiger partial charge in [0.1, 0.15) is 6.33 Å². The smallest absolute Gasteiger partial charge is 0.322 e. The van der Waals surface area contributed by atoms with E-state index < -0.39 is 0 Å². The van der Waals surface area contributed by atoms with E-state index in [-0.39, 0.29) is 6.03 Å². The Balaban J connectivity index is 1.72. The molecule has 0 atom stereocenters. The molecule has 0 saturated carbocycles. The maximum atomic E-state index is 12.3. The van der Waals surface area contributed by atoms with E-state index in [4.69, 9.17) is 23.2 Å². The number of fused-ring (bicyclic) bond motifs is 1. The molecule has 1 N–H and O–H groups in total. The van der Waals surface area contributed by atoms with Gasteiger partial charge in [-0.2, -0.15) is 0 Å². The van der Waals surface area contributed by atoms with Gasteiger partial charge in [-0.05, 0) is 29.8 Å². The lowest BCUT2D eigenvalue weighted by Gasteiger charge is -2.19. The zero-order valence-electron chi connectivity index (χ0n) is 12.3. The minimum absolute atomic E-state index is 0.265. The maximum Gasteiger partial charge on any atom is 0.336 e. The molecule has 23 heavy (non-hydrogen) atoms. The molecule has 118 valence electrons. The van der Waals surface area contributed by atoms with Crippen LogP contribution in [0.4, 0.5) is 4.79 Å². The summed E-state index contributed by atoms with van der Waals surface area (Å²) in [5.74, 6) is 0. The van der Waals surface area contributed by atoms with Crippen molar-refractivity contribution in [2.24, 2.45) is 0 Å². The van der Waals surface area contributed by atoms with E-state index in [1.807, 2.05) is 24.3 Å². The summed E-state index contributed by atoms with van der Waals surface area (Å²) in [5.41, 5.74) is 5.26. The second kappa shape index (κ2) is 6.48. The molecule has 0 unspecified atom stereocenters. The molecule has 3 aromatic rings. The lowest BCUT2D eigenvalue weighted by molar-refractivity contribution is 0.217. The van der Waals surface area contributed by atoms with E-state index in [1.54, 1.807) is 36.3 Å². The van der Waals surface area contributed by atoms with Gasteiger partial charge in [0.05, 0.1) is 11.0 Å². The highest BCUT2D eigenvalue weighted by Crippen LogP contribution is 2.22. The Morgan fingerprint density at radius 1 is 1.26 bits per heavy atom. The van der Waals surface area contributed by atoms with E-state index in [9.17, 15) is 4.79 Å². The summed E-state index contributed by atoms with van der Waals surface area (Å²) in [6, 6.07) is 12.5. The molecule has 2 amide bonds. The topological polar surface area (TPSA) is 50.2 Å². The largest absolute Gasteiger partial charge is 0.336 e. The number of imidazole rings is 1. The molecule has 0 aliphatic heterocycles. The number of hydrogen-bond acceptors (Lipinski definition) is 2. The Kier molecular flexibility index (Phi) is 4.41. The van der Waals surface area contributed by atoms with Crippen molar-refractivity contribution in [1.82, 2.24) is 14.6 Å². The van der Waals surface area contributed by atoms with Crippen LogP contribution >= 0.6 is 23.2 Å². The zero-order valence-corrected chi connectivity index (χ0v) is 13.8. The quantitative estimate of drug-likeness (QED) is 0.773. The number of nitrogens with zero attached hydrogens (tertiary/aromatic N) is 3. The number of carbonyl (C=O) groups is 1. The average Bonchev–Trinajstić information content (AvgIpc) is 2.93. The van der Waals surface area contributed by atoms with Gasteiger partial charge in [0.15, 0.2) is 0 Å². The first kappa shape index (κ1) is 15.6. The van der Waals surface area contributed by atoms with Crippen LogP contribution in [-0.4, -0.2) is 27.6 Å². The summed E-state index contributed by atoms with van der Waals surface area (Å²) in [5, 5.41) is 1.10. The molecule has 0 saturated heterocycles. The minimum Gasteiger partial charge on any atom is -0.322 e. The third kappa shape index (κ3) is 3.41. The molecular weight excluding hydrogens is 335 g/mol. The van der Waals surface area contributed by atoms with Gasteiger partial charge in [-0.1, -0.05) is 41.4 Å². The third-order valence-corrected chi connectivity index (χ3v) is 4.03. The average molecular weight is 349 g/mol. The molecular formula is C16H14Cl2N4O. The normalized spacial score (nSPS) is 10.7. The van der Waals surface area contributed by atoms with Gasteiger partial charge < -0.3 is 4.90 Å². The van der Waals surface area contributed by atoms with Crippen molar-refractivity contribution in [3.63, 3.8) is 0 Å². The number of amides is 2. The Hall–Kier alpha value is -2.24. The van der Waals surface area contributed by atoms with E-state index in [2.05, 4.69) is 10.4 Å². The molecule has 5 nitrogen and oxygen atoms in total. The lowest BCUT2D eigenvalue weighted by Crippen LogP contribution is -2.35. The van der Waals surface area contributed by atoms with Gasteiger partial charge in [-0.25, -0.2) is 19.9 Å². The molecule has 0 radical (unpaired) electrons. The number of aromatic nitrogens is 2. The number of urea groups is 1. The van der Waals surface area contributed by atoms with Crippen molar-refractivity contribution >= 4 is 40.3 Å². The molecule has 1 aromatic heterocycles. The molecule has 7 heteroatoms. The Morgan fingerprint density at radius 2 is 2.04 bits per heavy atom. The van der Waals surface area contributed by atoms with Crippen LogP contribution in [0.5, 0.6) is 0 Å². The van der Waals surface area contributed by atoms with Gasteiger partial charge in [-0.3, -0.25) is 0 Å². The molecule has 2 aromatic carbocycles. The van der Waals surface area contributed by atoms with Crippen molar-refractivity contribution < 1.29 is 4.79 Å². The van der Waals surface area contributed by atoms with Crippen LogP contribution in [0, 0.1) is 0 Å². The number of benzene rings is 2. The molecule has 0 aliphatic rings. The Labute approximate surface area is 143 Å². The van der Waals surface area contributed by atoms with Crippen molar-refractivity contribution in [2.75, 3.05) is 12.5 Å². The van der Waals surface area contributed by atoms with Crippen LogP contribution in [0.15, 0.2) is 48.8 Å². The van der Waals surface area contributed by atoms with E-state index in [0.717, 1.165) is 16.6 Å². The SMILES string of the molecule is CN(Cc1ccc(Cl)cc1Cl)C(=O)Nn1cnc2ccccc21. The highest BCUT2D eigenvalue weighted by Gasteiger charge is 2.12. The minimum atomic E-state index is -0.265. The third-order valence-electron chi connectivity index (χ3n) is 3.44. The van der Waals surface area contributed by atoms with E-state index >= 15 is 0 Å². The second-order valence-electron chi connectivity index (χ2n) is 5.11. The molecule has 3 rings (SSSR count). The summed E-state index contributed by atoms with van der Waals surface area (Å²) >= 11 is 12.0. The summed E-state index contributed by atoms with van der Waals surface area (Å²) in [6.07, 6.45) is 1.58. The predicted molar refractivity (Wildman–Crippen MR) is 92.4 cm³/mol. The number of carbonyl (C=O) groups excluding carboxylic acids is 1. The van der Waals surface area contributed by atoms with Crippen LogP contribution < -0.4 is 5.43 Å². The first-order valence-electron chi connectivity index (χ1n) is 6.93. The Morgan fingerprint density at radius 3 is 2.83 bits per heavy atom.